The van der Waals surface area contributed by atoms with Crippen molar-refractivity contribution in [2.24, 2.45) is 0 Å². The summed E-state index contributed by atoms with van der Waals surface area (Å²) in [6.07, 6.45) is 5.58. The molecule has 1 N–H and O–H groups in total. The average Bonchev–Trinajstić information content (AvgIpc) is 2.98. The van der Waals surface area contributed by atoms with Crippen LogP contribution in [0, 0.1) is 0 Å². The zero-order valence-corrected chi connectivity index (χ0v) is 14.2. The summed E-state index contributed by atoms with van der Waals surface area (Å²) < 4.78 is 5.55. The lowest BCUT2D eigenvalue weighted by Gasteiger charge is -2.28. The Hall–Kier alpha value is -2.30. The fourth-order valence-corrected chi connectivity index (χ4v) is 3.28. The van der Waals surface area contributed by atoms with Crippen LogP contribution in [0.3, 0.4) is 0 Å². The van der Waals surface area contributed by atoms with Crippen molar-refractivity contribution in [1.82, 2.24) is 9.88 Å². The molecule has 3 rings (SSSR count). The Labute approximate surface area is 141 Å². The third-order valence-corrected chi connectivity index (χ3v) is 4.67. The third kappa shape index (κ3) is 3.30. The summed E-state index contributed by atoms with van der Waals surface area (Å²) in [5.41, 5.74) is 0.737. The normalized spacial score (nSPS) is 18.6. The van der Waals surface area contributed by atoms with Crippen molar-refractivity contribution >= 4 is 5.91 Å². The number of hydrogen-bond acceptors (Lipinski definition) is 3. The van der Waals surface area contributed by atoms with E-state index in [1.54, 1.807) is 17.2 Å². The molecule has 5 heteroatoms. The predicted molar refractivity (Wildman–Crippen MR) is 92.1 cm³/mol. The van der Waals surface area contributed by atoms with Gasteiger partial charge in [-0.3, -0.25) is 9.59 Å². The Morgan fingerprint density at radius 1 is 1.25 bits per heavy atom. The molecule has 0 spiro atoms. The van der Waals surface area contributed by atoms with Crippen molar-refractivity contribution in [1.29, 1.82) is 0 Å². The van der Waals surface area contributed by atoms with Crippen molar-refractivity contribution in [3.05, 3.63) is 57.9 Å². The van der Waals surface area contributed by atoms with Crippen LogP contribution < -0.4 is 5.56 Å². The van der Waals surface area contributed by atoms with Gasteiger partial charge in [0.15, 0.2) is 0 Å². The van der Waals surface area contributed by atoms with Gasteiger partial charge in [-0.1, -0.05) is 26.7 Å². The van der Waals surface area contributed by atoms with Gasteiger partial charge < -0.3 is 14.3 Å². The fourth-order valence-electron chi connectivity index (χ4n) is 3.28. The molecule has 0 aliphatic carbocycles. The molecule has 0 unspecified atom stereocenters. The molecule has 2 aromatic heterocycles. The van der Waals surface area contributed by atoms with Crippen LogP contribution >= 0.6 is 0 Å². The minimum Gasteiger partial charge on any atom is -0.467 e. The topological polar surface area (TPSA) is 66.3 Å². The molecule has 1 aliphatic rings. The van der Waals surface area contributed by atoms with Gasteiger partial charge in [0, 0.05) is 12.2 Å². The van der Waals surface area contributed by atoms with E-state index in [-0.39, 0.29) is 29.0 Å². The lowest BCUT2D eigenvalue weighted by atomic mass is 10.1. The Bertz CT molecular complexity index is 746. The highest BCUT2D eigenvalue weighted by Gasteiger charge is 2.30. The monoisotopic (exact) mass is 328 g/mol. The number of nitrogens with one attached hydrogen (secondary N) is 1. The Morgan fingerprint density at radius 3 is 2.75 bits per heavy atom. The van der Waals surface area contributed by atoms with Crippen molar-refractivity contribution in [2.45, 2.75) is 51.5 Å². The van der Waals surface area contributed by atoms with E-state index >= 15 is 0 Å². The third-order valence-electron chi connectivity index (χ3n) is 4.67. The minimum atomic E-state index is -0.311. The summed E-state index contributed by atoms with van der Waals surface area (Å²) in [4.78, 5) is 30.0. The van der Waals surface area contributed by atoms with Crippen LogP contribution in [0.4, 0.5) is 0 Å². The molecule has 5 nitrogen and oxygen atoms in total. The number of rotatable bonds is 3. The van der Waals surface area contributed by atoms with Gasteiger partial charge in [-0.25, -0.2) is 0 Å². The number of carbonyl (C=O) groups excluding carboxylic acids is 1. The van der Waals surface area contributed by atoms with Gasteiger partial charge in [-0.2, -0.15) is 0 Å². The van der Waals surface area contributed by atoms with Crippen molar-refractivity contribution in [3.63, 3.8) is 0 Å². The van der Waals surface area contributed by atoms with Crippen LogP contribution in [0.1, 0.15) is 73.3 Å². The van der Waals surface area contributed by atoms with E-state index in [0.29, 0.717) is 6.54 Å². The van der Waals surface area contributed by atoms with Crippen molar-refractivity contribution in [3.8, 4) is 0 Å². The summed E-state index contributed by atoms with van der Waals surface area (Å²) in [6, 6.07) is 7.13. The summed E-state index contributed by atoms with van der Waals surface area (Å²) in [6.45, 7) is 4.67. The molecule has 0 bridgehead atoms. The lowest BCUT2D eigenvalue weighted by Crippen LogP contribution is -2.37. The van der Waals surface area contributed by atoms with Crippen LogP contribution in [0.5, 0.6) is 0 Å². The molecule has 1 fully saturated rings. The molecular weight excluding hydrogens is 304 g/mol. The number of aromatic amines is 1. The highest BCUT2D eigenvalue weighted by molar-refractivity contribution is 5.94. The maximum atomic E-state index is 13.0. The number of amides is 1. The summed E-state index contributed by atoms with van der Waals surface area (Å²) in [5.74, 6) is 0.797. The van der Waals surface area contributed by atoms with Crippen LogP contribution in [0.2, 0.25) is 0 Å². The van der Waals surface area contributed by atoms with E-state index in [2.05, 4.69) is 4.98 Å². The zero-order valence-electron chi connectivity index (χ0n) is 14.2. The number of likely N-dealkylation sites (tertiary alicyclic amines) is 1. The van der Waals surface area contributed by atoms with Gasteiger partial charge in [0.05, 0.1) is 12.3 Å². The number of hydrogen-bond donors (Lipinski definition) is 1. The maximum Gasteiger partial charge on any atom is 0.261 e. The number of furan rings is 1. The average molecular weight is 328 g/mol. The molecule has 1 atom stereocenters. The van der Waals surface area contributed by atoms with E-state index in [1.807, 2.05) is 32.0 Å². The molecule has 0 saturated carbocycles. The minimum absolute atomic E-state index is 0.0980. The standard InChI is InChI=1S/C19H24N2O3/c1-13(2)15-10-9-14(18(22)20-15)19(23)21-11-5-3-4-7-16(21)17-8-6-12-24-17/h6,8-10,12-13,16H,3-5,7,11H2,1-2H3,(H,20,22)/t16-/m0/s1. The number of H-pyrrole nitrogens is 1. The maximum absolute atomic E-state index is 13.0. The number of nitrogens with zero attached hydrogens (tertiary/aromatic N) is 1. The first kappa shape index (κ1) is 16.6. The van der Waals surface area contributed by atoms with Crippen LogP contribution in [0.15, 0.2) is 39.7 Å². The molecule has 2 aromatic rings. The van der Waals surface area contributed by atoms with Crippen molar-refractivity contribution in [2.75, 3.05) is 6.54 Å². The molecule has 3 heterocycles. The SMILES string of the molecule is CC(C)c1ccc(C(=O)N2CCCCC[C@H]2c2ccco2)c(=O)[nH]1. The molecule has 24 heavy (non-hydrogen) atoms. The van der Waals surface area contributed by atoms with Gasteiger partial charge in [0.1, 0.15) is 11.3 Å². The molecule has 128 valence electrons. The van der Waals surface area contributed by atoms with Crippen molar-refractivity contribution < 1.29 is 9.21 Å². The molecule has 0 radical (unpaired) electrons. The van der Waals surface area contributed by atoms with Gasteiger partial charge in [-0.15, -0.1) is 0 Å². The zero-order chi connectivity index (χ0) is 17.1. The van der Waals surface area contributed by atoms with Gasteiger partial charge in [-0.05, 0) is 43.0 Å². The Balaban J connectivity index is 1.93. The molecule has 0 aromatic carbocycles. The number of aromatic nitrogens is 1. The molecule has 1 saturated heterocycles. The number of carbonyl (C=O) groups is 1. The Kier molecular flexibility index (Phi) is 4.88. The van der Waals surface area contributed by atoms with E-state index in [4.69, 9.17) is 4.42 Å². The highest BCUT2D eigenvalue weighted by atomic mass is 16.3. The first-order valence-corrected chi connectivity index (χ1v) is 8.65. The van der Waals surface area contributed by atoms with Crippen LogP contribution in [-0.4, -0.2) is 22.3 Å². The van der Waals surface area contributed by atoms with Gasteiger partial charge in [0.2, 0.25) is 0 Å². The largest absolute Gasteiger partial charge is 0.467 e. The summed E-state index contributed by atoms with van der Waals surface area (Å²) in [7, 11) is 0. The van der Waals surface area contributed by atoms with Gasteiger partial charge in [0.25, 0.3) is 11.5 Å². The molecular formula is C19H24N2O3. The first-order valence-electron chi connectivity index (χ1n) is 8.65. The first-order chi connectivity index (χ1) is 11.6. The van der Waals surface area contributed by atoms with Gasteiger partial charge >= 0.3 is 0 Å². The fraction of sp³-hybridized carbons (Fsp3) is 0.474. The number of pyridine rings is 1. The Morgan fingerprint density at radius 2 is 2.08 bits per heavy atom. The second-order valence-electron chi connectivity index (χ2n) is 6.69. The van der Waals surface area contributed by atoms with Crippen LogP contribution in [-0.2, 0) is 0 Å². The summed E-state index contributed by atoms with van der Waals surface area (Å²) in [5, 5.41) is 0. The highest BCUT2D eigenvalue weighted by Crippen LogP contribution is 2.31. The van der Waals surface area contributed by atoms with E-state index < -0.39 is 0 Å². The van der Waals surface area contributed by atoms with E-state index in [1.165, 1.54) is 0 Å². The summed E-state index contributed by atoms with van der Waals surface area (Å²) >= 11 is 0. The molecule has 1 aliphatic heterocycles. The second-order valence-corrected chi connectivity index (χ2v) is 6.69. The van der Waals surface area contributed by atoms with E-state index in [9.17, 15) is 9.59 Å². The second kappa shape index (κ2) is 7.07. The van der Waals surface area contributed by atoms with Crippen LogP contribution in [0.25, 0.3) is 0 Å². The molecule has 1 amide bonds. The predicted octanol–water partition coefficient (Wildman–Crippen LogP) is 3.85. The van der Waals surface area contributed by atoms with E-state index in [0.717, 1.165) is 37.1 Å². The quantitative estimate of drug-likeness (QED) is 0.930. The lowest BCUT2D eigenvalue weighted by molar-refractivity contribution is 0.0656. The smallest absolute Gasteiger partial charge is 0.261 e.